The second kappa shape index (κ2) is 4.45. The van der Waals surface area contributed by atoms with E-state index in [2.05, 4.69) is 15.0 Å². The quantitative estimate of drug-likeness (QED) is 0.644. The first-order chi connectivity index (χ1) is 6.93. The van der Waals surface area contributed by atoms with E-state index in [1.165, 1.54) is 0 Å². The summed E-state index contributed by atoms with van der Waals surface area (Å²) in [5, 5.41) is 1.98. The summed E-state index contributed by atoms with van der Waals surface area (Å²) >= 11 is 1.57. The minimum Gasteiger partial charge on any atom is -0.337 e. The van der Waals surface area contributed by atoms with Crippen molar-refractivity contribution in [2.24, 2.45) is 0 Å². The number of hydrogen-bond acceptors (Lipinski definition) is 3. The van der Waals surface area contributed by atoms with Crippen LogP contribution in [0.2, 0.25) is 0 Å². The third-order valence-corrected chi connectivity index (χ3v) is 2.65. The molecule has 1 N–H and O–H groups in total. The molecule has 3 rings (SSSR count). The van der Waals surface area contributed by atoms with Gasteiger partial charge in [-0.15, -0.1) is 11.3 Å². The van der Waals surface area contributed by atoms with Crippen molar-refractivity contribution in [3.63, 3.8) is 0 Å². The van der Waals surface area contributed by atoms with Gasteiger partial charge in [-0.1, -0.05) is 12.1 Å². The van der Waals surface area contributed by atoms with Crippen LogP contribution in [0.3, 0.4) is 0 Å². The molecule has 0 spiro atoms. The molecular formula is C10H8N3NaS. The number of fused-ring (bicyclic) bond motifs is 1. The van der Waals surface area contributed by atoms with Crippen LogP contribution in [-0.4, -0.2) is 44.5 Å². The maximum atomic E-state index is 4.44. The number of aromatic nitrogens is 3. The minimum absolute atomic E-state index is 0. The molecular weight excluding hydrogens is 217 g/mol. The van der Waals surface area contributed by atoms with Gasteiger partial charge in [0.15, 0.2) is 5.82 Å². The smallest absolute Gasteiger partial charge is 0.158 e. The van der Waals surface area contributed by atoms with Crippen LogP contribution in [0.25, 0.3) is 22.6 Å². The molecule has 2 heterocycles. The molecule has 15 heavy (non-hydrogen) atoms. The standard InChI is InChI=1S/C10H7N3S.Na.H/c1-2-4-8-7(3-1)12-10(13-8)9-5-14-6-11-9;;/h1-6H,(H,12,13);;. The molecule has 1 aromatic carbocycles. The van der Waals surface area contributed by atoms with Crippen LogP contribution in [0.1, 0.15) is 0 Å². The van der Waals surface area contributed by atoms with Gasteiger partial charge in [0.2, 0.25) is 0 Å². The number of rotatable bonds is 1. The maximum absolute atomic E-state index is 4.44. The van der Waals surface area contributed by atoms with Crippen molar-refractivity contribution >= 4 is 51.9 Å². The number of hydrogen-bond donors (Lipinski definition) is 1. The van der Waals surface area contributed by atoms with Crippen molar-refractivity contribution in [3.05, 3.63) is 35.2 Å². The van der Waals surface area contributed by atoms with E-state index < -0.39 is 0 Å². The van der Waals surface area contributed by atoms with Gasteiger partial charge in [0.25, 0.3) is 0 Å². The predicted octanol–water partition coefficient (Wildman–Crippen LogP) is 2.04. The SMILES string of the molecule is [NaH].c1ccc2[nH]c(-c3cscn3)nc2c1. The van der Waals surface area contributed by atoms with Gasteiger partial charge in [-0.05, 0) is 12.1 Å². The number of aromatic amines is 1. The first-order valence-electron chi connectivity index (χ1n) is 4.27. The Hall–Kier alpha value is -0.680. The zero-order chi connectivity index (χ0) is 9.38. The Labute approximate surface area is 113 Å². The number of nitrogens with zero attached hydrogens (tertiary/aromatic N) is 2. The fourth-order valence-electron chi connectivity index (χ4n) is 1.40. The molecule has 0 radical (unpaired) electrons. The average molecular weight is 225 g/mol. The second-order valence-corrected chi connectivity index (χ2v) is 3.69. The van der Waals surface area contributed by atoms with E-state index >= 15 is 0 Å². The van der Waals surface area contributed by atoms with Crippen LogP contribution in [0.15, 0.2) is 35.2 Å². The summed E-state index contributed by atoms with van der Waals surface area (Å²) in [6.07, 6.45) is 0. The van der Waals surface area contributed by atoms with Gasteiger partial charge >= 0.3 is 29.6 Å². The van der Waals surface area contributed by atoms with E-state index in [-0.39, 0.29) is 29.6 Å². The summed E-state index contributed by atoms with van der Waals surface area (Å²) in [7, 11) is 0. The molecule has 3 nitrogen and oxygen atoms in total. The van der Waals surface area contributed by atoms with Crippen molar-refractivity contribution in [2.75, 3.05) is 0 Å². The molecule has 0 saturated carbocycles. The van der Waals surface area contributed by atoms with E-state index in [1.54, 1.807) is 11.3 Å². The molecule has 0 fully saturated rings. The number of imidazole rings is 1. The molecule has 0 unspecified atom stereocenters. The zero-order valence-corrected chi connectivity index (χ0v) is 8.08. The van der Waals surface area contributed by atoms with Crippen molar-refractivity contribution in [1.29, 1.82) is 0 Å². The number of H-pyrrole nitrogens is 1. The Kier molecular flexibility index (Phi) is 3.21. The summed E-state index contributed by atoms with van der Waals surface area (Å²) in [5.74, 6) is 0.840. The second-order valence-electron chi connectivity index (χ2n) is 2.98. The minimum atomic E-state index is 0. The van der Waals surface area contributed by atoms with Crippen molar-refractivity contribution < 1.29 is 0 Å². The fourth-order valence-corrected chi connectivity index (χ4v) is 1.94. The van der Waals surface area contributed by atoms with Crippen LogP contribution >= 0.6 is 11.3 Å². The van der Waals surface area contributed by atoms with Gasteiger partial charge in [-0.2, -0.15) is 0 Å². The third-order valence-electron chi connectivity index (χ3n) is 2.06. The molecule has 5 heteroatoms. The number of thiazole rings is 1. The van der Waals surface area contributed by atoms with Crippen LogP contribution in [0.5, 0.6) is 0 Å². The van der Waals surface area contributed by atoms with Gasteiger partial charge in [0.05, 0.1) is 16.5 Å². The largest absolute Gasteiger partial charge is 0.337 e. The van der Waals surface area contributed by atoms with E-state index in [0.29, 0.717) is 0 Å². The predicted molar refractivity (Wildman–Crippen MR) is 64.4 cm³/mol. The third kappa shape index (κ3) is 1.99. The van der Waals surface area contributed by atoms with Crippen molar-refractivity contribution in [3.8, 4) is 11.5 Å². The van der Waals surface area contributed by atoms with Gasteiger partial charge in [0, 0.05) is 5.38 Å². The van der Waals surface area contributed by atoms with Crippen LogP contribution in [-0.2, 0) is 0 Å². The molecule has 0 aliphatic rings. The first kappa shape index (κ1) is 10.8. The summed E-state index contributed by atoms with van der Waals surface area (Å²) in [6, 6.07) is 7.97. The average Bonchev–Trinajstić information content (AvgIpc) is 2.86. The number of benzene rings is 1. The topological polar surface area (TPSA) is 41.6 Å². The van der Waals surface area contributed by atoms with Crippen LogP contribution in [0, 0.1) is 0 Å². The van der Waals surface area contributed by atoms with Crippen molar-refractivity contribution in [1.82, 2.24) is 15.0 Å². The Balaban J connectivity index is 0.000000853. The Morgan fingerprint density at radius 2 is 2.07 bits per heavy atom. The zero-order valence-electron chi connectivity index (χ0n) is 7.27. The normalized spacial score (nSPS) is 10.1. The molecule has 70 valence electrons. The summed E-state index contributed by atoms with van der Waals surface area (Å²) in [6.45, 7) is 0. The Morgan fingerprint density at radius 3 is 2.80 bits per heavy atom. The Morgan fingerprint density at radius 1 is 1.20 bits per heavy atom. The van der Waals surface area contributed by atoms with Crippen LogP contribution in [0.4, 0.5) is 0 Å². The molecule has 0 bridgehead atoms. The molecule has 0 atom stereocenters. The van der Waals surface area contributed by atoms with Gasteiger partial charge in [-0.3, -0.25) is 0 Å². The Bertz CT molecular complexity index is 526. The molecule has 0 aliphatic carbocycles. The number of nitrogens with one attached hydrogen (secondary N) is 1. The molecule has 0 amide bonds. The van der Waals surface area contributed by atoms with E-state index in [4.69, 9.17) is 0 Å². The fraction of sp³-hybridized carbons (Fsp3) is 0. The van der Waals surface area contributed by atoms with Gasteiger partial charge in [0.1, 0.15) is 5.69 Å². The monoisotopic (exact) mass is 225 g/mol. The summed E-state index contributed by atoms with van der Waals surface area (Å²) in [4.78, 5) is 11.9. The summed E-state index contributed by atoms with van der Waals surface area (Å²) < 4.78 is 0. The first-order valence-corrected chi connectivity index (χ1v) is 5.21. The number of para-hydroxylation sites is 2. The molecule has 0 saturated heterocycles. The molecule has 3 aromatic rings. The van der Waals surface area contributed by atoms with Gasteiger partial charge in [-0.25, -0.2) is 9.97 Å². The van der Waals surface area contributed by atoms with E-state index in [1.807, 2.05) is 35.2 Å². The van der Waals surface area contributed by atoms with E-state index in [9.17, 15) is 0 Å². The molecule has 0 aliphatic heterocycles. The maximum Gasteiger partial charge on any atom is 0.158 e. The van der Waals surface area contributed by atoms with Gasteiger partial charge < -0.3 is 4.98 Å². The summed E-state index contributed by atoms with van der Waals surface area (Å²) in [5.41, 5.74) is 4.75. The van der Waals surface area contributed by atoms with E-state index in [0.717, 1.165) is 22.6 Å². The van der Waals surface area contributed by atoms with Crippen molar-refractivity contribution in [2.45, 2.75) is 0 Å². The van der Waals surface area contributed by atoms with Crippen LogP contribution < -0.4 is 0 Å². The molecule has 2 aromatic heterocycles.